The molecule has 0 radical (unpaired) electrons. The molecule has 2 aromatic carbocycles. The molecule has 0 spiro atoms. The van der Waals surface area contributed by atoms with Gasteiger partial charge in [-0.1, -0.05) is 12.1 Å². The summed E-state index contributed by atoms with van der Waals surface area (Å²) in [7, 11) is -4.43. The summed E-state index contributed by atoms with van der Waals surface area (Å²) in [5.74, 6) is 0. The maximum absolute atomic E-state index is 13.1. The molecule has 0 fully saturated rings. The molecule has 0 aliphatic heterocycles. The zero-order chi connectivity index (χ0) is 18.9. The minimum Gasteiger partial charge on any atom is -0.280 e. The normalized spacial score (nSPS) is 12.2. The van der Waals surface area contributed by atoms with Crippen molar-refractivity contribution in [1.82, 2.24) is 20.2 Å². The molecule has 0 aliphatic carbocycles. The molecule has 1 heterocycles. The molecule has 0 saturated heterocycles. The van der Waals surface area contributed by atoms with Crippen molar-refractivity contribution in [2.75, 3.05) is 4.72 Å². The van der Waals surface area contributed by atoms with E-state index >= 15 is 0 Å². The van der Waals surface area contributed by atoms with Gasteiger partial charge < -0.3 is 0 Å². The number of sulfonamides is 1. The van der Waals surface area contributed by atoms with E-state index in [4.69, 9.17) is 0 Å². The highest BCUT2D eigenvalue weighted by molar-refractivity contribution is 7.92. The monoisotopic (exact) mass is 383 g/mol. The fourth-order valence-corrected chi connectivity index (χ4v) is 3.67. The molecule has 1 aromatic heterocycles. The van der Waals surface area contributed by atoms with Crippen molar-refractivity contribution in [2.45, 2.75) is 18.0 Å². The van der Waals surface area contributed by atoms with Crippen LogP contribution in [0.1, 0.15) is 11.1 Å². The van der Waals surface area contributed by atoms with Gasteiger partial charge in [0, 0.05) is 5.69 Å². The first-order chi connectivity index (χ1) is 12.2. The van der Waals surface area contributed by atoms with Crippen LogP contribution in [-0.4, -0.2) is 28.6 Å². The van der Waals surface area contributed by atoms with E-state index < -0.39 is 26.7 Å². The predicted molar refractivity (Wildman–Crippen MR) is 86.1 cm³/mol. The van der Waals surface area contributed by atoms with Gasteiger partial charge in [-0.05, 0) is 53.2 Å². The SMILES string of the molecule is Cc1cc(NS(=O)(=O)c2ccccc2C(F)(F)F)ccc1-n1cnnn1. The lowest BCUT2D eigenvalue weighted by molar-refractivity contribution is -0.139. The molecule has 0 aliphatic rings. The second kappa shape index (κ2) is 6.41. The van der Waals surface area contributed by atoms with Gasteiger partial charge in [-0.2, -0.15) is 13.2 Å². The summed E-state index contributed by atoms with van der Waals surface area (Å²) in [6.45, 7) is 1.69. The van der Waals surface area contributed by atoms with Crippen LogP contribution in [-0.2, 0) is 16.2 Å². The highest BCUT2D eigenvalue weighted by atomic mass is 32.2. The molecule has 7 nitrogen and oxygen atoms in total. The average molecular weight is 383 g/mol. The number of tetrazole rings is 1. The first-order valence-corrected chi connectivity index (χ1v) is 8.70. The molecule has 136 valence electrons. The smallest absolute Gasteiger partial charge is 0.280 e. The van der Waals surface area contributed by atoms with E-state index in [1.54, 1.807) is 13.0 Å². The van der Waals surface area contributed by atoms with Crippen LogP contribution in [0.5, 0.6) is 0 Å². The Bertz CT molecular complexity index is 1030. The van der Waals surface area contributed by atoms with Crippen LogP contribution in [0.15, 0.2) is 53.7 Å². The molecule has 26 heavy (non-hydrogen) atoms. The third kappa shape index (κ3) is 3.52. The number of alkyl halides is 3. The van der Waals surface area contributed by atoms with Crippen molar-refractivity contribution < 1.29 is 21.6 Å². The Morgan fingerprint density at radius 3 is 2.46 bits per heavy atom. The molecule has 3 aromatic rings. The molecule has 0 saturated carbocycles. The van der Waals surface area contributed by atoms with Crippen molar-refractivity contribution >= 4 is 15.7 Å². The van der Waals surface area contributed by atoms with Gasteiger partial charge in [-0.15, -0.1) is 5.10 Å². The topological polar surface area (TPSA) is 89.8 Å². The van der Waals surface area contributed by atoms with Crippen LogP contribution < -0.4 is 4.72 Å². The Morgan fingerprint density at radius 1 is 1.12 bits per heavy atom. The Balaban J connectivity index is 1.95. The van der Waals surface area contributed by atoms with Gasteiger partial charge in [0.2, 0.25) is 0 Å². The van der Waals surface area contributed by atoms with Gasteiger partial charge in [-0.3, -0.25) is 4.72 Å². The number of anilines is 1. The minimum atomic E-state index is -4.79. The summed E-state index contributed by atoms with van der Waals surface area (Å²) in [6.07, 6.45) is -3.42. The standard InChI is InChI=1S/C15H12F3N5O2S/c1-10-8-11(6-7-13(10)23-9-19-21-22-23)20-26(24,25)14-5-3-2-4-12(14)15(16,17)18/h2-9,20H,1H3. The van der Waals surface area contributed by atoms with Crippen molar-refractivity contribution in [2.24, 2.45) is 0 Å². The molecule has 0 bridgehead atoms. The molecule has 0 amide bonds. The fraction of sp³-hybridized carbons (Fsp3) is 0.133. The predicted octanol–water partition coefficient (Wildman–Crippen LogP) is 2.79. The lowest BCUT2D eigenvalue weighted by Crippen LogP contribution is -2.19. The third-order valence-corrected chi connectivity index (χ3v) is 4.97. The Kier molecular flexibility index (Phi) is 4.40. The molecular weight excluding hydrogens is 371 g/mol. The molecular formula is C15H12F3N5O2S. The average Bonchev–Trinajstić information content (AvgIpc) is 3.08. The molecule has 11 heteroatoms. The number of hydrogen-bond donors (Lipinski definition) is 1. The van der Waals surface area contributed by atoms with Gasteiger partial charge in [0.15, 0.2) is 0 Å². The van der Waals surface area contributed by atoms with E-state index in [0.717, 1.165) is 18.2 Å². The highest BCUT2D eigenvalue weighted by Gasteiger charge is 2.36. The number of hydrogen-bond acceptors (Lipinski definition) is 5. The highest BCUT2D eigenvalue weighted by Crippen LogP contribution is 2.34. The van der Waals surface area contributed by atoms with E-state index in [0.29, 0.717) is 11.3 Å². The van der Waals surface area contributed by atoms with Gasteiger partial charge in [0.1, 0.15) is 6.33 Å². The summed E-state index contributed by atoms with van der Waals surface area (Å²) < 4.78 is 67.7. The number of aryl methyl sites for hydroxylation is 1. The second-order valence-electron chi connectivity index (χ2n) is 5.36. The van der Waals surface area contributed by atoms with Crippen molar-refractivity contribution in [3.8, 4) is 5.69 Å². The van der Waals surface area contributed by atoms with Crippen LogP contribution in [0.25, 0.3) is 5.69 Å². The summed E-state index contributed by atoms with van der Waals surface area (Å²) in [5.41, 5.74) is 0.126. The fourth-order valence-electron chi connectivity index (χ4n) is 2.39. The van der Waals surface area contributed by atoms with Gasteiger partial charge in [0.25, 0.3) is 10.0 Å². The quantitative estimate of drug-likeness (QED) is 0.748. The van der Waals surface area contributed by atoms with E-state index in [1.807, 2.05) is 0 Å². The zero-order valence-corrected chi connectivity index (χ0v) is 14.1. The van der Waals surface area contributed by atoms with Crippen molar-refractivity contribution in [3.63, 3.8) is 0 Å². The number of rotatable bonds is 4. The second-order valence-corrected chi connectivity index (χ2v) is 7.01. The van der Waals surface area contributed by atoms with Crippen molar-refractivity contribution in [1.29, 1.82) is 0 Å². The summed E-state index contributed by atoms with van der Waals surface area (Å²) in [6, 6.07) is 8.44. The lowest BCUT2D eigenvalue weighted by atomic mass is 10.2. The van der Waals surface area contributed by atoms with E-state index in [1.165, 1.54) is 29.2 Å². The number of benzene rings is 2. The minimum absolute atomic E-state index is 0.122. The van der Waals surface area contributed by atoms with Crippen LogP contribution in [0.2, 0.25) is 0 Å². The molecule has 0 unspecified atom stereocenters. The summed E-state index contributed by atoms with van der Waals surface area (Å²) in [4.78, 5) is -0.838. The first kappa shape index (κ1) is 17.9. The molecule has 1 N–H and O–H groups in total. The Hall–Kier alpha value is -2.95. The molecule has 3 rings (SSSR count). The maximum atomic E-state index is 13.1. The summed E-state index contributed by atoms with van der Waals surface area (Å²) >= 11 is 0. The van der Waals surface area contributed by atoms with E-state index in [2.05, 4.69) is 20.2 Å². The number of halogens is 3. The zero-order valence-electron chi connectivity index (χ0n) is 13.3. The van der Waals surface area contributed by atoms with Gasteiger partial charge in [-0.25, -0.2) is 13.1 Å². The lowest BCUT2D eigenvalue weighted by Gasteiger charge is -2.15. The maximum Gasteiger partial charge on any atom is 0.417 e. The van der Waals surface area contributed by atoms with Gasteiger partial charge in [0.05, 0.1) is 16.1 Å². The number of aromatic nitrogens is 4. The first-order valence-electron chi connectivity index (χ1n) is 7.21. The van der Waals surface area contributed by atoms with Crippen molar-refractivity contribution in [3.05, 3.63) is 59.9 Å². The Morgan fingerprint density at radius 2 is 1.85 bits per heavy atom. The van der Waals surface area contributed by atoms with Crippen LogP contribution in [0.4, 0.5) is 18.9 Å². The van der Waals surface area contributed by atoms with Gasteiger partial charge >= 0.3 is 6.18 Å². The van der Waals surface area contributed by atoms with E-state index in [-0.39, 0.29) is 5.69 Å². The van der Waals surface area contributed by atoms with E-state index in [9.17, 15) is 21.6 Å². The van der Waals surface area contributed by atoms with Crippen LogP contribution in [0.3, 0.4) is 0 Å². The Labute approximate surface area is 146 Å². The molecule has 0 atom stereocenters. The third-order valence-electron chi connectivity index (χ3n) is 3.53. The number of nitrogens with zero attached hydrogens (tertiary/aromatic N) is 4. The van der Waals surface area contributed by atoms with Crippen LogP contribution >= 0.6 is 0 Å². The van der Waals surface area contributed by atoms with Crippen LogP contribution in [0, 0.1) is 6.92 Å². The largest absolute Gasteiger partial charge is 0.417 e. The number of nitrogens with one attached hydrogen (secondary N) is 1. The summed E-state index contributed by atoms with van der Waals surface area (Å²) in [5, 5.41) is 10.7.